The van der Waals surface area contributed by atoms with E-state index < -0.39 is 17.5 Å². The van der Waals surface area contributed by atoms with Crippen LogP contribution in [-0.2, 0) is 4.74 Å². The molecule has 3 aliphatic rings. The average Bonchev–Trinajstić information content (AvgIpc) is 2.71. The molecule has 4 atom stereocenters. The third kappa shape index (κ3) is 4.27. The lowest BCUT2D eigenvalue weighted by atomic mass is 9.62. The summed E-state index contributed by atoms with van der Waals surface area (Å²) >= 11 is 0. The minimum absolute atomic E-state index is 0.166. The van der Waals surface area contributed by atoms with Crippen molar-refractivity contribution in [1.82, 2.24) is 0 Å². The molecular weight excluding hydrogens is 361 g/mol. The second-order valence-electron chi connectivity index (χ2n) is 9.39. The zero-order valence-corrected chi connectivity index (χ0v) is 16.9. The lowest BCUT2D eigenvalue weighted by molar-refractivity contribution is -0.0205. The monoisotopic (exact) mass is 394 g/mol. The summed E-state index contributed by atoms with van der Waals surface area (Å²) in [5.74, 6) is -0.0238. The fourth-order valence-corrected chi connectivity index (χ4v) is 6.43. The highest BCUT2D eigenvalue weighted by atomic mass is 19.2. The molecule has 3 aliphatic carbocycles. The maximum atomic E-state index is 13.6. The van der Waals surface area contributed by atoms with Crippen molar-refractivity contribution in [1.29, 1.82) is 0 Å². The molecule has 0 N–H and O–H groups in total. The van der Waals surface area contributed by atoms with Crippen molar-refractivity contribution in [2.24, 2.45) is 23.7 Å². The molecule has 0 amide bonds. The first-order valence-corrected chi connectivity index (χ1v) is 11.3. The van der Waals surface area contributed by atoms with Gasteiger partial charge in [-0.3, -0.25) is 0 Å². The van der Waals surface area contributed by atoms with Gasteiger partial charge in [0.25, 0.3) is 0 Å². The zero-order chi connectivity index (χ0) is 19.7. The molecule has 0 heterocycles. The number of ether oxygens (including phenoxy) is 1. The first-order chi connectivity index (χ1) is 13.5. The van der Waals surface area contributed by atoms with Crippen LogP contribution in [0.25, 0.3) is 0 Å². The third-order valence-corrected chi connectivity index (χ3v) is 7.92. The Balaban J connectivity index is 1.30. The fraction of sp³-hybridized carbons (Fsp3) is 0.750. The maximum absolute atomic E-state index is 13.6. The smallest absolute Gasteiger partial charge is 0.194 e. The molecule has 4 heteroatoms. The number of fused-ring (bicyclic) bond motifs is 1. The standard InChI is InChI=1S/C24H33F3O/c1-2-28-21-10-9-18-11-17(7-8-19(18)12-21)15-3-5-16(6-4-15)20-13-22(25)24(27)23(26)14-20/h13-19,21H,2-12H2,1H3. The van der Waals surface area contributed by atoms with Crippen LogP contribution in [0.1, 0.15) is 82.6 Å². The topological polar surface area (TPSA) is 9.23 Å². The van der Waals surface area contributed by atoms with E-state index in [0.29, 0.717) is 11.7 Å². The zero-order valence-electron chi connectivity index (χ0n) is 16.9. The number of hydrogen-bond acceptors (Lipinski definition) is 1. The van der Waals surface area contributed by atoms with Crippen LogP contribution in [0.5, 0.6) is 0 Å². The van der Waals surface area contributed by atoms with Gasteiger partial charge in [0.15, 0.2) is 17.5 Å². The lowest BCUT2D eigenvalue weighted by Gasteiger charge is -2.45. The summed E-state index contributed by atoms with van der Waals surface area (Å²) in [5, 5.41) is 0. The molecule has 156 valence electrons. The van der Waals surface area contributed by atoms with Gasteiger partial charge in [0.05, 0.1) is 6.10 Å². The van der Waals surface area contributed by atoms with E-state index in [0.717, 1.165) is 56.0 Å². The lowest BCUT2D eigenvalue weighted by Crippen LogP contribution is -2.36. The normalized spacial score (nSPS) is 36.1. The molecule has 1 nitrogen and oxygen atoms in total. The largest absolute Gasteiger partial charge is 0.378 e. The predicted octanol–water partition coefficient (Wildman–Crippen LogP) is 7.00. The Morgan fingerprint density at radius 2 is 1.29 bits per heavy atom. The summed E-state index contributed by atoms with van der Waals surface area (Å²) < 4.78 is 46.2. The van der Waals surface area contributed by atoms with Crippen LogP contribution in [-0.4, -0.2) is 12.7 Å². The highest BCUT2D eigenvalue weighted by Crippen LogP contribution is 2.49. The number of halogens is 3. The summed E-state index contributed by atoms with van der Waals surface area (Å²) in [6, 6.07) is 2.40. The van der Waals surface area contributed by atoms with Gasteiger partial charge < -0.3 is 4.74 Å². The van der Waals surface area contributed by atoms with E-state index >= 15 is 0 Å². The second-order valence-corrected chi connectivity index (χ2v) is 9.39. The van der Waals surface area contributed by atoms with Crippen LogP contribution < -0.4 is 0 Å². The van der Waals surface area contributed by atoms with Crippen LogP contribution in [0.3, 0.4) is 0 Å². The van der Waals surface area contributed by atoms with Crippen molar-refractivity contribution in [2.75, 3.05) is 6.61 Å². The van der Waals surface area contributed by atoms with Gasteiger partial charge >= 0.3 is 0 Å². The minimum atomic E-state index is -1.35. The van der Waals surface area contributed by atoms with E-state index in [2.05, 4.69) is 6.92 Å². The molecule has 4 rings (SSSR count). The second kappa shape index (κ2) is 8.77. The maximum Gasteiger partial charge on any atom is 0.194 e. The van der Waals surface area contributed by atoms with Gasteiger partial charge in [0.2, 0.25) is 0 Å². The Morgan fingerprint density at radius 3 is 1.93 bits per heavy atom. The van der Waals surface area contributed by atoms with Gasteiger partial charge in [-0.25, -0.2) is 13.2 Å². The van der Waals surface area contributed by atoms with Gasteiger partial charge in [0.1, 0.15) is 0 Å². The molecule has 0 aromatic heterocycles. The summed E-state index contributed by atoms with van der Waals surface area (Å²) in [4.78, 5) is 0. The van der Waals surface area contributed by atoms with Crippen molar-refractivity contribution in [2.45, 2.75) is 83.2 Å². The van der Waals surface area contributed by atoms with Gasteiger partial charge in [0, 0.05) is 6.61 Å². The molecule has 0 radical (unpaired) electrons. The minimum Gasteiger partial charge on any atom is -0.378 e. The molecule has 0 saturated heterocycles. The summed E-state index contributed by atoms with van der Waals surface area (Å²) in [5.41, 5.74) is 0.632. The van der Waals surface area contributed by atoms with Gasteiger partial charge in [-0.15, -0.1) is 0 Å². The van der Waals surface area contributed by atoms with E-state index in [4.69, 9.17) is 4.74 Å². The molecule has 28 heavy (non-hydrogen) atoms. The van der Waals surface area contributed by atoms with Crippen molar-refractivity contribution < 1.29 is 17.9 Å². The van der Waals surface area contributed by atoms with Crippen molar-refractivity contribution in [3.63, 3.8) is 0 Å². The quantitative estimate of drug-likeness (QED) is 0.500. The Labute approximate surface area is 167 Å². The van der Waals surface area contributed by atoms with E-state index in [-0.39, 0.29) is 5.92 Å². The van der Waals surface area contributed by atoms with Gasteiger partial charge in [-0.05, 0) is 118 Å². The predicted molar refractivity (Wildman–Crippen MR) is 105 cm³/mol. The Hall–Kier alpha value is -1.03. The Morgan fingerprint density at radius 1 is 0.750 bits per heavy atom. The Bertz CT molecular complexity index is 645. The first-order valence-electron chi connectivity index (χ1n) is 11.3. The highest BCUT2D eigenvalue weighted by molar-refractivity contribution is 5.23. The molecule has 1 aromatic rings. The average molecular weight is 395 g/mol. The van der Waals surface area contributed by atoms with Crippen LogP contribution in [0.2, 0.25) is 0 Å². The molecule has 0 spiro atoms. The molecule has 4 unspecified atom stereocenters. The van der Waals surface area contributed by atoms with Gasteiger partial charge in [-0.1, -0.05) is 0 Å². The molecule has 0 aliphatic heterocycles. The van der Waals surface area contributed by atoms with Crippen molar-refractivity contribution in [3.05, 3.63) is 35.1 Å². The van der Waals surface area contributed by atoms with Crippen molar-refractivity contribution in [3.8, 4) is 0 Å². The number of rotatable bonds is 4. The summed E-state index contributed by atoms with van der Waals surface area (Å²) in [6.45, 7) is 2.92. The van der Waals surface area contributed by atoms with Crippen LogP contribution in [0.15, 0.2) is 12.1 Å². The van der Waals surface area contributed by atoms with Crippen molar-refractivity contribution >= 4 is 0 Å². The molecule has 0 bridgehead atoms. The molecule has 3 fully saturated rings. The number of hydrogen-bond donors (Lipinski definition) is 0. The van der Waals surface area contributed by atoms with Crippen LogP contribution in [0, 0.1) is 41.1 Å². The molecule has 3 saturated carbocycles. The highest BCUT2D eigenvalue weighted by Gasteiger charge is 2.39. The Kier molecular flexibility index (Phi) is 6.34. The molecule has 1 aromatic carbocycles. The van der Waals surface area contributed by atoms with Crippen LogP contribution in [0.4, 0.5) is 13.2 Å². The van der Waals surface area contributed by atoms with E-state index in [1.807, 2.05) is 0 Å². The molecular formula is C24H33F3O. The SMILES string of the molecule is CCOC1CCC2CC(C3CCC(c4cc(F)c(F)c(F)c4)CC3)CCC2C1. The van der Waals surface area contributed by atoms with Crippen LogP contribution >= 0.6 is 0 Å². The summed E-state index contributed by atoms with van der Waals surface area (Å²) in [6.07, 6.45) is 12.5. The van der Waals surface area contributed by atoms with Gasteiger partial charge in [-0.2, -0.15) is 0 Å². The van der Waals surface area contributed by atoms with E-state index in [1.165, 1.54) is 50.7 Å². The first kappa shape index (κ1) is 20.3. The van der Waals surface area contributed by atoms with E-state index in [1.54, 1.807) is 0 Å². The summed E-state index contributed by atoms with van der Waals surface area (Å²) in [7, 11) is 0. The number of benzene rings is 1. The fourth-order valence-electron chi connectivity index (χ4n) is 6.43. The third-order valence-electron chi connectivity index (χ3n) is 7.92. The van der Waals surface area contributed by atoms with E-state index in [9.17, 15) is 13.2 Å².